The van der Waals surface area contributed by atoms with Crippen molar-refractivity contribution in [3.8, 4) is 0 Å². The van der Waals surface area contributed by atoms with Crippen LogP contribution in [0.2, 0.25) is 0 Å². The molecule has 0 aliphatic heterocycles. The summed E-state index contributed by atoms with van der Waals surface area (Å²) in [5.41, 5.74) is 4.13. The minimum absolute atomic E-state index is 0.0593. The van der Waals surface area contributed by atoms with Crippen molar-refractivity contribution >= 4 is 49.1 Å². The van der Waals surface area contributed by atoms with Crippen LogP contribution in [0.5, 0.6) is 0 Å². The van der Waals surface area contributed by atoms with Gasteiger partial charge in [0.15, 0.2) is 14.6 Å². The molecule has 0 fully saturated rings. The first-order valence-corrected chi connectivity index (χ1v) is 13.7. The Bertz CT molecular complexity index is 1210. The van der Waals surface area contributed by atoms with Crippen LogP contribution < -0.4 is 4.80 Å². The molecule has 0 saturated heterocycles. The molecule has 0 aliphatic rings. The number of fused-ring (bicyclic) bond motifs is 1. The average Bonchev–Trinajstić information content (AvgIpc) is 3.02. The standard InChI is InChI=1S/C22H26N2O3S3/c1-16-13-17(2)21-19(14-16)24(10-11-28-3)22(29-21)23-20(25)9-12-30(26,27)15-18-7-5-4-6-8-18/h4-8,13-14H,9-12,15H2,1-3H3. The smallest absolute Gasteiger partial charge is 0.249 e. The van der Waals surface area contributed by atoms with Crippen LogP contribution in [-0.4, -0.2) is 36.7 Å². The van der Waals surface area contributed by atoms with Crippen molar-refractivity contribution in [1.82, 2.24) is 4.57 Å². The summed E-state index contributed by atoms with van der Waals surface area (Å²) < 4.78 is 28.0. The largest absolute Gasteiger partial charge is 0.315 e. The fourth-order valence-corrected chi connectivity index (χ4v) is 6.12. The molecule has 0 saturated carbocycles. The van der Waals surface area contributed by atoms with Crippen LogP contribution in [0.4, 0.5) is 0 Å². The molecule has 0 atom stereocenters. The summed E-state index contributed by atoms with van der Waals surface area (Å²) in [6.07, 6.45) is 1.94. The van der Waals surface area contributed by atoms with Gasteiger partial charge in [0.1, 0.15) is 0 Å². The second kappa shape index (κ2) is 9.94. The van der Waals surface area contributed by atoms with Crippen LogP contribution in [0.15, 0.2) is 47.5 Å². The van der Waals surface area contributed by atoms with Crippen molar-refractivity contribution in [2.75, 3.05) is 17.8 Å². The summed E-state index contributed by atoms with van der Waals surface area (Å²) in [7, 11) is -3.37. The van der Waals surface area contributed by atoms with Gasteiger partial charge in [0, 0.05) is 18.7 Å². The second-order valence-electron chi connectivity index (χ2n) is 7.29. The molecule has 160 valence electrons. The van der Waals surface area contributed by atoms with E-state index in [-0.39, 0.29) is 17.9 Å². The van der Waals surface area contributed by atoms with E-state index in [4.69, 9.17) is 0 Å². The molecule has 0 bridgehead atoms. The molecule has 0 spiro atoms. The molecular formula is C22H26N2O3S3. The zero-order chi connectivity index (χ0) is 21.7. The van der Waals surface area contributed by atoms with E-state index in [0.29, 0.717) is 4.80 Å². The monoisotopic (exact) mass is 462 g/mol. The Labute approximate surface area is 185 Å². The van der Waals surface area contributed by atoms with Gasteiger partial charge in [-0.2, -0.15) is 16.8 Å². The van der Waals surface area contributed by atoms with Gasteiger partial charge in [0.2, 0.25) is 5.91 Å². The Hall–Kier alpha value is -1.90. The van der Waals surface area contributed by atoms with Crippen molar-refractivity contribution < 1.29 is 13.2 Å². The number of benzene rings is 2. The molecular weight excluding hydrogens is 436 g/mol. The van der Waals surface area contributed by atoms with Crippen molar-refractivity contribution in [3.05, 3.63) is 64.0 Å². The molecule has 8 heteroatoms. The van der Waals surface area contributed by atoms with Gasteiger partial charge < -0.3 is 4.57 Å². The maximum atomic E-state index is 12.5. The normalized spacial score (nSPS) is 12.6. The van der Waals surface area contributed by atoms with Crippen LogP contribution in [-0.2, 0) is 26.9 Å². The molecule has 1 aromatic heterocycles. The first kappa shape index (κ1) is 22.8. The number of rotatable bonds is 8. The lowest BCUT2D eigenvalue weighted by Crippen LogP contribution is -2.19. The Morgan fingerprint density at radius 1 is 1.17 bits per heavy atom. The number of hydrogen-bond donors (Lipinski definition) is 0. The fraction of sp³-hybridized carbons (Fsp3) is 0.364. The third-order valence-corrected chi connectivity index (χ3v) is 8.13. The van der Waals surface area contributed by atoms with Gasteiger partial charge >= 0.3 is 0 Å². The zero-order valence-electron chi connectivity index (χ0n) is 17.4. The van der Waals surface area contributed by atoms with Crippen LogP contribution in [0.3, 0.4) is 0 Å². The number of thiazole rings is 1. The summed E-state index contributed by atoms with van der Waals surface area (Å²) in [6, 6.07) is 13.3. The lowest BCUT2D eigenvalue weighted by atomic mass is 10.1. The molecule has 0 unspecified atom stereocenters. The lowest BCUT2D eigenvalue weighted by molar-refractivity contribution is -0.117. The van der Waals surface area contributed by atoms with Crippen molar-refractivity contribution in [1.29, 1.82) is 0 Å². The van der Waals surface area contributed by atoms with Crippen molar-refractivity contribution in [3.63, 3.8) is 0 Å². The third-order valence-electron chi connectivity index (χ3n) is 4.71. The number of thioether (sulfide) groups is 1. The van der Waals surface area contributed by atoms with Gasteiger partial charge in [-0.1, -0.05) is 47.7 Å². The number of carbonyl (C=O) groups is 1. The second-order valence-corrected chi connectivity index (χ2v) is 11.4. The van der Waals surface area contributed by atoms with Gasteiger partial charge in [0.05, 0.1) is 21.7 Å². The highest BCUT2D eigenvalue weighted by Crippen LogP contribution is 2.23. The van der Waals surface area contributed by atoms with Crippen molar-refractivity contribution in [2.24, 2.45) is 4.99 Å². The highest BCUT2D eigenvalue weighted by molar-refractivity contribution is 7.98. The first-order chi connectivity index (χ1) is 14.3. The Kier molecular flexibility index (Phi) is 7.55. The van der Waals surface area contributed by atoms with Gasteiger partial charge in [-0.05, 0) is 42.9 Å². The fourth-order valence-electron chi connectivity index (χ4n) is 3.30. The lowest BCUT2D eigenvalue weighted by Gasteiger charge is -2.06. The van der Waals surface area contributed by atoms with Crippen molar-refractivity contribution in [2.45, 2.75) is 32.6 Å². The van der Waals surface area contributed by atoms with Gasteiger partial charge in [0.25, 0.3) is 0 Å². The van der Waals surface area contributed by atoms with Gasteiger partial charge in [-0.3, -0.25) is 4.79 Å². The van der Waals surface area contributed by atoms with E-state index in [0.717, 1.165) is 33.6 Å². The molecule has 5 nitrogen and oxygen atoms in total. The Morgan fingerprint density at radius 3 is 2.60 bits per heavy atom. The molecule has 0 N–H and O–H groups in total. The quantitative estimate of drug-likeness (QED) is 0.505. The molecule has 0 aliphatic carbocycles. The van der Waals surface area contributed by atoms with Gasteiger partial charge in [-0.25, -0.2) is 8.42 Å². The molecule has 3 rings (SSSR count). The molecule has 30 heavy (non-hydrogen) atoms. The maximum absolute atomic E-state index is 12.5. The number of carbonyl (C=O) groups excluding carboxylic acids is 1. The topological polar surface area (TPSA) is 68.5 Å². The minimum Gasteiger partial charge on any atom is -0.315 e. The summed E-state index contributed by atoms with van der Waals surface area (Å²) in [4.78, 5) is 17.5. The highest BCUT2D eigenvalue weighted by atomic mass is 32.2. The average molecular weight is 463 g/mol. The van der Waals surface area contributed by atoms with Gasteiger partial charge in [-0.15, -0.1) is 0 Å². The highest BCUT2D eigenvalue weighted by Gasteiger charge is 2.15. The summed E-state index contributed by atoms with van der Waals surface area (Å²) in [5, 5.41) is 0. The number of aryl methyl sites for hydroxylation is 3. The summed E-state index contributed by atoms with van der Waals surface area (Å²) >= 11 is 3.23. The van der Waals surface area contributed by atoms with Crippen LogP contribution in [0.1, 0.15) is 23.1 Å². The maximum Gasteiger partial charge on any atom is 0.249 e. The number of sulfone groups is 1. The molecule has 1 heterocycles. The number of nitrogens with zero attached hydrogens (tertiary/aromatic N) is 2. The summed E-state index contributed by atoms with van der Waals surface area (Å²) in [5.74, 6) is 0.255. The number of aromatic nitrogens is 1. The predicted molar refractivity (Wildman–Crippen MR) is 127 cm³/mol. The van der Waals surface area contributed by atoms with E-state index in [2.05, 4.69) is 35.5 Å². The summed E-state index contributed by atoms with van der Waals surface area (Å²) in [6.45, 7) is 4.87. The minimum atomic E-state index is -3.37. The number of amides is 1. The van der Waals surface area contributed by atoms with E-state index >= 15 is 0 Å². The van der Waals surface area contributed by atoms with Crippen LogP contribution >= 0.6 is 23.1 Å². The predicted octanol–water partition coefficient (Wildman–Crippen LogP) is 4.12. The van der Waals surface area contributed by atoms with E-state index in [1.165, 1.54) is 16.9 Å². The van der Waals surface area contributed by atoms with E-state index in [1.54, 1.807) is 23.9 Å². The SMILES string of the molecule is CSCCn1c(=NC(=O)CCS(=O)(=O)Cc2ccccc2)sc2c(C)cc(C)cc21. The molecule has 2 aromatic carbocycles. The first-order valence-electron chi connectivity index (χ1n) is 9.70. The Balaban J connectivity index is 1.83. The van der Waals surface area contributed by atoms with E-state index < -0.39 is 15.7 Å². The van der Waals surface area contributed by atoms with Crippen LogP contribution in [0, 0.1) is 13.8 Å². The number of hydrogen-bond acceptors (Lipinski definition) is 5. The molecule has 3 aromatic rings. The van der Waals surface area contributed by atoms with Crippen LogP contribution in [0.25, 0.3) is 10.2 Å². The van der Waals surface area contributed by atoms with E-state index in [9.17, 15) is 13.2 Å². The zero-order valence-corrected chi connectivity index (χ0v) is 19.9. The van der Waals surface area contributed by atoms with E-state index in [1.807, 2.05) is 24.5 Å². The Morgan fingerprint density at radius 2 is 1.90 bits per heavy atom. The molecule has 1 amide bonds. The molecule has 0 radical (unpaired) electrons. The third kappa shape index (κ3) is 5.83.